The van der Waals surface area contributed by atoms with Gasteiger partial charge in [-0.15, -0.1) is 0 Å². The molecule has 0 amide bonds. The van der Waals surface area contributed by atoms with E-state index in [2.05, 4.69) is 0 Å². The third kappa shape index (κ3) is 3.15. The molecule has 0 bridgehead atoms. The Balaban J connectivity index is 1.85. The molecule has 0 aliphatic rings. The van der Waals surface area contributed by atoms with Gasteiger partial charge in [-0.3, -0.25) is 0 Å². The highest BCUT2D eigenvalue weighted by Crippen LogP contribution is 2.33. The van der Waals surface area contributed by atoms with Gasteiger partial charge in [0.05, 0.1) is 19.2 Å². The number of aryl methyl sites for hydroxylation is 1. The number of carbonyl (C=O) groups excluding carboxylic acids is 1. The van der Waals surface area contributed by atoms with Gasteiger partial charge < -0.3 is 18.6 Å². The number of fused-ring (bicyclic) bond motifs is 1. The van der Waals surface area contributed by atoms with Crippen LogP contribution in [0.15, 0.2) is 40.8 Å². The van der Waals surface area contributed by atoms with Crippen molar-refractivity contribution in [1.29, 1.82) is 0 Å². The normalized spacial score (nSPS) is 10.7. The van der Waals surface area contributed by atoms with Crippen LogP contribution in [0.3, 0.4) is 0 Å². The van der Waals surface area contributed by atoms with Gasteiger partial charge in [0.25, 0.3) is 0 Å². The van der Waals surface area contributed by atoms with Crippen molar-refractivity contribution >= 4 is 28.5 Å². The molecule has 1 heterocycles. The molecule has 130 valence electrons. The Morgan fingerprint density at radius 2 is 1.88 bits per heavy atom. The molecule has 0 atom stereocenters. The molecule has 0 saturated heterocycles. The molecule has 1 aromatic heterocycles. The van der Waals surface area contributed by atoms with Crippen LogP contribution in [0.5, 0.6) is 11.5 Å². The molecule has 0 aliphatic carbocycles. The van der Waals surface area contributed by atoms with E-state index in [9.17, 15) is 4.79 Å². The number of hydrogen-bond donors (Lipinski definition) is 0. The van der Waals surface area contributed by atoms with E-state index in [0.29, 0.717) is 33.2 Å². The summed E-state index contributed by atoms with van der Waals surface area (Å²) in [6, 6.07) is 10.7. The van der Waals surface area contributed by atoms with Gasteiger partial charge in [0.15, 0.2) is 17.1 Å². The maximum atomic E-state index is 12.4. The largest absolute Gasteiger partial charge is 0.493 e. The van der Waals surface area contributed by atoms with E-state index in [0.717, 1.165) is 5.39 Å². The zero-order valence-corrected chi connectivity index (χ0v) is 14.8. The van der Waals surface area contributed by atoms with Crippen molar-refractivity contribution in [2.75, 3.05) is 14.2 Å². The number of carbonyl (C=O) groups is 1. The van der Waals surface area contributed by atoms with Crippen molar-refractivity contribution in [3.05, 3.63) is 58.3 Å². The van der Waals surface area contributed by atoms with E-state index in [1.165, 1.54) is 7.11 Å². The van der Waals surface area contributed by atoms with Crippen LogP contribution < -0.4 is 9.47 Å². The minimum Gasteiger partial charge on any atom is -0.493 e. The molecule has 5 nitrogen and oxygen atoms in total. The molecule has 3 aromatic rings. The maximum absolute atomic E-state index is 12.4. The van der Waals surface area contributed by atoms with Gasteiger partial charge in [-0.2, -0.15) is 0 Å². The predicted octanol–water partition coefficient (Wildman–Crippen LogP) is 4.77. The van der Waals surface area contributed by atoms with E-state index >= 15 is 0 Å². The lowest BCUT2D eigenvalue weighted by Crippen LogP contribution is -2.06. The minimum absolute atomic E-state index is 0.0312. The highest BCUT2D eigenvalue weighted by molar-refractivity contribution is 6.35. The van der Waals surface area contributed by atoms with Gasteiger partial charge in [0.1, 0.15) is 6.61 Å². The third-order valence-electron chi connectivity index (χ3n) is 3.94. The first kappa shape index (κ1) is 17.2. The van der Waals surface area contributed by atoms with E-state index in [4.69, 9.17) is 30.2 Å². The Morgan fingerprint density at radius 1 is 1.12 bits per heavy atom. The van der Waals surface area contributed by atoms with Gasteiger partial charge in [-0.05, 0) is 19.1 Å². The van der Waals surface area contributed by atoms with Crippen LogP contribution in [0.2, 0.25) is 5.02 Å². The zero-order chi connectivity index (χ0) is 18.0. The number of ether oxygens (including phenoxy) is 3. The molecule has 0 fully saturated rings. The fourth-order valence-electron chi connectivity index (χ4n) is 2.68. The van der Waals surface area contributed by atoms with E-state index in [-0.39, 0.29) is 12.4 Å². The third-order valence-corrected chi connectivity index (χ3v) is 4.24. The second-order valence-corrected chi connectivity index (χ2v) is 5.81. The Hall–Kier alpha value is -2.66. The molecular weight excluding hydrogens is 344 g/mol. The fraction of sp³-hybridized carbons (Fsp3) is 0.211. The van der Waals surface area contributed by atoms with Gasteiger partial charge in [0, 0.05) is 16.5 Å². The van der Waals surface area contributed by atoms with E-state index < -0.39 is 5.97 Å². The highest BCUT2D eigenvalue weighted by atomic mass is 35.5. The molecule has 0 N–H and O–H groups in total. The van der Waals surface area contributed by atoms with Crippen molar-refractivity contribution in [3.8, 4) is 11.5 Å². The van der Waals surface area contributed by atoms with Crippen LogP contribution >= 0.6 is 11.6 Å². The quantitative estimate of drug-likeness (QED) is 0.613. The number of esters is 1. The van der Waals surface area contributed by atoms with E-state index in [1.807, 2.05) is 12.1 Å². The Kier molecular flexibility index (Phi) is 4.86. The lowest BCUT2D eigenvalue weighted by atomic mass is 10.1. The summed E-state index contributed by atoms with van der Waals surface area (Å²) in [5, 5.41) is 1.24. The Bertz CT molecular complexity index is 929. The standard InChI is InChI=1S/C19H17ClO5/c1-11-13-7-5-8-14(20)18(13)25-16(11)19(21)24-10-12-6-4-9-15(22-2)17(12)23-3/h4-9H,10H2,1-3H3. The van der Waals surface area contributed by atoms with Crippen LogP contribution in [0.25, 0.3) is 11.0 Å². The number of hydrogen-bond acceptors (Lipinski definition) is 5. The molecule has 2 aromatic carbocycles. The second kappa shape index (κ2) is 7.07. The highest BCUT2D eigenvalue weighted by Gasteiger charge is 2.21. The summed E-state index contributed by atoms with van der Waals surface area (Å²) < 4.78 is 21.6. The Labute approximate surface area is 150 Å². The first-order chi connectivity index (χ1) is 12.1. The number of benzene rings is 2. The van der Waals surface area contributed by atoms with Crippen molar-refractivity contribution in [3.63, 3.8) is 0 Å². The molecule has 0 spiro atoms. The average molecular weight is 361 g/mol. The molecule has 0 unspecified atom stereocenters. The van der Waals surface area contributed by atoms with Crippen LogP contribution in [-0.2, 0) is 11.3 Å². The molecule has 0 saturated carbocycles. The lowest BCUT2D eigenvalue weighted by Gasteiger charge is -2.12. The number of para-hydroxylation sites is 2. The van der Waals surface area contributed by atoms with Gasteiger partial charge in [-0.1, -0.05) is 35.9 Å². The van der Waals surface area contributed by atoms with Crippen molar-refractivity contribution in [2.45, 2.75) is 13.5 Å². The molecule has 25 heavy (non-hydrogen) atoms. The summed E-state index contributed by atoms with van der Waals surface area (Å²) in [6.07, 6.45) is 0. The smallest absolute Gasteiger partial charge is 0.374 e. The SMILES string of the molecule is COc1cccc(COC(=O)c2oc3c(Cl)cccc3c2C)c1OC. The first-order valence-electron chi connectivity index (χ1n) is 7.61. The van der Waals surface area contributed by atoms with Gasteiger partial charge in [-0.25, -0.2) is 4.79 Å². The molecule has 6 heteroatoms. The van der Waals surface area contributed by atoms with Crippen LogP contribution in [0, 0.1) is 6.92 Å². The van der Waals surface area contributed by atoms with Crippen molar-refractivity contribution < 1.29 is 23.4 Å². The molecule has 3 rings (SSSR count). The number of halogens is 1. The van der Waals surface area contributed by atoms with Crippen molar-refractivity contribution in [2.24, 2.45) is 0 Å². The number of furan rings is 1. The average Bonchev–Trinajstić information content (AvgIpc) is 2.97. The summed E-state index contributed by atoms with van der Waals surface area (Å²) in [7, 11) is 3.09. The fourth-order valence-corrected chi connectivity index (χ4v) is 2.89. The summed E-state index contributed by atoms with van der Waals surface area (Å²) in [4.78, 5) is 12.4. The predicted molar refractivity (Wildman–Crippen MR) is 94.6 cm³/mol. The van der Waals surface area contributed by atoms with Crippen LogP contribution in [-0.4, -0.2) is 20.2 Å². The number of rotatable bonds is 5. The summed E-state index contributed by atoms with van der Waals surface area (Å²) in [6.45, 7) is 1.83. The second-order valence-electron chi connectivity index (χ2n) is 5.40. The Morgan fingerprint density at radius 3 is 2.56 bits per heavy atom. The van der Waals surface area contributed by atoms with Gasteiger partial charge >= 0.3 is 5.97 Å². The monoisotopic (exact) mass is 360 g/mol. The first-order valence-corrected chi connectivity index (χ1v) is 7.99. The summed E-state index contributed by atoms with van der Waals surface area (Å²) >= 11 is 6.12. The zero-order valence-electron chi connectivity index (χ0n) is 14.1. The summed E-state index contributed by atoms with van der Waals surface area (Å²) in [5.41, 5.74) is 1.87. The summed E-state index contributed by atoms with van der Waals surface area (Å²) in [5.74, 6) is 0.685. The van der Waals surface area contributed by atoms with Crippen LogP contribution in [0.1, 0.15) is 21.7 Å². The molecule has 0 radical (unpaired) electrons. The van der Waals surface area contributed by atoms with Crippen molar-refractivity contribution in [1.82, 2.24) is 0 Å². The molecule has 0 aliphatic heterocycles. The topological polar surface area (TPSA) is 57.9 Å². The lowest BCUT2D eigenvalue weighted by molar-refractivity contribution is 0.0434. The minimum atomic E-state index is -0.561. The number of methoxy groups -OCH3 is 2. The van der Waals surface area contributed by atoms with Gasteiger partial charge in [0.2, 0.25) is 5.76 Å². The van der Waals surface area contributed by atoms with E-state index in [1.54, 1.807) is 38.3 Å². The van der Waals surface area contributed by atoms with Crippen LogP contribution in [0.4, 0.5) is 0 Å². The maximum Gasteiger partial charge on any atom is 0.374 e. The molecular formula is C19H17ClO5.